The van der Waals surface area contributed by atoms with E-state index in [1.54, 1.807) is 0 Å². The van der Waals surface area contributed by atoms with Crippen LogP contribution in [0.5, 0.6) is 0 Å². The SMILES string of the molecule is Cc1nn(C)c(C)c1C1OCCC1CNC/C=C/c1ccccc1. The van der Waals surface area contributed by atoms with Crippen molar-refractivity contribution in [2.45, 2.75) is 26.4 Å². The first-order valence-corrected chi connectivity index (χ1v) is 8.71. The van der Waals surface area contributed by atoms with Crippen LogP contribution in [0.2, 0.25) is 0 Å². The molecule has 24 heavy (non-hydrogen) atoms. The molecule has 1 aromatic carbocycles. The smallest absolute Gasteiger partial charge is 0.0901 e. The maximum Gasteiger partial charge on any atom is 0.0901 e. The highest BCUT2D eigenvalue weighted by Crippen LogP contribution is 2.37. The van der Waals surface area contributed by atoms with Crippen LogP contribution in [0.15, 0.2) is 36.4 Å². The molecule has 1 fully saturated rings. The molecule has 4 nitrogen and oxygen atoms in total. The standard InChI is InChI=1S/C20H27N3O/c1-15-19(16(2)23(3)22-15)20-18(11-13-24-20)14-21-12-7-10-17-8-5-4-6-9-17/h4-10,18,20-21H,11-14H2,1-3H3/b10-7+. The van der Waals surface area contributed by atoms with Crippen LogP contribution >= 0.6 is 0 Å². The van der Waals surface area contributed by atoms with Crippen LogP contribution in [0, 0.1) is 19.8 Å². The fraction of sp³-hybridized carbons (Fsp3) is 0.450. The highest BCUT2D eigenvalue weighted by atomic mass is 16.5. The van der Waals surface area contributed by atoms with E-state index >= 15 is 0 Å². The summed E-state index contributed by atoms with van der Waals surface area (Å²) in [5, 5.41) is 8.09. The molecule has 2 aromatic rings. The molecule has 0 radical (unpaired) electrons. The lowest BCUT2D eigenvalue weighted by Gasteiger charge is -2.19. The molecule has 1 saturated heterocycles. The number of nitrogens with one attached hydrogen (secondary N) is 1. The van der Waals surface area contributed by atoms with Crippen molar-refractivity contribution in [3.8, 4) is 0 Å². The van der Waals surface area contributed by atoms with E-state index < -0.39 is 0 Å². The van der Waals surface area contributed by atoms with Gasteiger partial charge in [-0.25, -0.2) is 0 Å². The van der Waals surface area contributed by atoms with Crippen LogP contribution in [-0.2, 0) is 11.8 Å². The molecule has 4 heteroatoms. The summed E-state index contributed by atoms with van der Waals surface area (Å²) in [4.78, 5) is 0. The van der Waals surface area contributed by atoms with E-state index in [-0.39, 0.29) is 6.10 Å². The Hall–Kier alpha value is -1.91. The molecular formula is C20H27N3O. The number of hydrogen-bond donors (Lipinski definition) is 1. The van der Waals surface area contributed by atoms with Crippen molar-refractivity contribution >= 4 is 6.08 Å². The lowest BCUT2D eigenvalue weighted by molar-refractivity contribution is 0.0897. The first-order valence-electron chi connectivity index (χ1n) is 8.71. The zero-order valence-corrected chi connectivity index (χ0v) is 14.8. The van der Waals surface area contributed by atoms with Crippen LogP contribution in [0.3, 0.4) is 0 Å². The number of nitrogens with zero attached hydrogens (tertiary/aromatic N) is 2. The second-order valence-electron chi connectivity index (χ2n) is 6.52. The molecule has 0 amide bonds. The third kappa shape index (κ3) is 3.77. The molecule has 1 aliphatic heterocycles. The van der Waals surface area contributed by atoms with Gasteiger partial charge in [0.25, 0.3) is 0 Å². The van der Waals surface area contributed by atoms with E-state index in [2.05, 4.69) is 60.7 Å². The van der Waals surface area contributed by atoms with Gasteiger partial charge in [-0.1, -0.05) is 42.5 Å². The molecule has 0 bridgehead atoms. The molecular weight excluding hydrogens is 298 g/mol. The second-order valence-corrected chi connectivity index (χ2v) is 6.52. The molecule has 2 unspecified atom stereocenters. The summed E-state index contributed by atoms with van der Waals surface area (Å²) in [7, 11) is 2.00. The zero-order chi connectivity index (χ0) is 16.9. The molecule has 2 atom stereocenters. The fourth-order valence-corrected chi connectivity index (χ4v) is 3.47. The van der Waals surface area contributed by atoms with E-state index in [0.717, 1.165) is 31.8 Å². The Kier molecular flexibility index (Phi) is 5.48. The van der Waals surface area contributed by atoms with Gasteiger partial charge in [0.05, 0.1) is 11.8 Å². The summed E-state index contributed by atoms with van der Waals surface area (Å²) in [5.41, 5.74) is 4.83. The second kappa shape index (κ2) is 7.77. The average molecular weight is 325 g/mol. The summed E-state index contributed by atoms with van der Waals surface area (Å²) < 4.78 is 8.00. The highest BCUT2D eigenvalue weighted by Gasteiger charge is 2.33. The van der Waals surface area contributed by atoms with Crippen molar-refractivity contribution in [3.05, 3.63) is 58.9 Å². The van der Waals surface area contributed by atoms with Crippen LogP contribution in [0.25, 0.3) is 6.08 Å². The molecule has 1 aliphatic rings. The third-order valence-corrected chi connectivity index (χ3v) is 4.84. The summed E-state index contributed by atoms with van der Waals surface area (Å²) in [6.45, 7) is 6.90. The molecule has 0 spiro atoms. The van der Waals surface area contributed by atoms with Crippen molar-refractivity contribution in [3.63, 3.8) is 0 Å². The van der Waals surface area contributed by atoms with Gasteiger partial charge < -0.3 is 10.1 Å². The van der Waals surface area contributed by atoms with Gasteiger partial charge in [-0.15, -0.1) is 0 Å². The van der Waals surface area contributed by atoms with Crippen molar-refractivity contribution < 1.29 is 4.74 Å². The van der Waals surface area contributed by atoms with Gasteiger partial charge in [0.1, 0.15) is 0 Å². The van der Waals surface area contributed by atoms with E-state index in [9.17, 15) is 0 Å². The van der Waals surface area contributed by atoms with Crippen LogP contribution in [-0.4, -0.2) is 29.5 Å². The van der Waals surface area contributed by atoms with E-state index in [4.69, 9.17) is 4.74 Å². The first-order chi connectivity index (χ1) is 11.7. The van der Waals surface area contributed by atoms with Gasteiger partial charge in [0.15, 0.2) is 0 Å². The van der Waals surface area contributed by atoms with E-state index in [1.807, 2.05) is 17.8 Å². The molecule has 1 N–H and O–H groups in total. The highest BCUT2D eigenvalue weighted by molar-refractivity contribution is 5.48. The molecule has 1 aromatic heterocycles. The van der Waals surface area contributed by atoms with E-state index in [1.165, 1.54) is 16.8 Å². The van der Waals surface area contributed by atoms with Gasteiger partial charge in [-0.3, -0.25) is 4.68 Å². The Labute approximate surface area is 144 Å². The Bertz CT molecular complexity index is 690. The number of benzene rings is 1. The number of aromatic nitrogens is 2. The minimum atomic E-state index is 0.171. The van der Waals surface area contributed by atoms with Gasteiger partial charge >= 0.3 is 0 Å². The monoisotopic (exact) mass is 325 g/mol. The lowest BCUT2D eigenvalue weighted by atomic mass is 9.94. The summed E-state index contributed by atoms with van der Waals surface area (Å²) in [6, 6.07) is 10.4. The van der Waals surface area contributed by atoms with Crippen molar-refractivity contribution in [2.24, 2.45) is 13.0 Å². The van der Waals surface area contributed by atoms with Crippen molar-refractivity contribution in [1.29, 1.82) is 0 Å². The fourth-order valence-electron chi connectivity index (χ4n) is 3.47. The number of rotatable bonds is 6. The number of hydrogen-bond acceptors (Lipinski definition) is 3. The maximum atomic E-state index is 6.04. The van der Waals surface area contributed by atoms with Crippen LogP contribution in [0.1, 0.15) is 35.0 Å². The maximum absolute atomic E-state index is 6.04. The van der Waals surface area contributed by atoms with Crippen LogP contribution in [0.4, 0.5) is 0 Å². The van der Waals surface area contributed by atoms with Gasteiger partial charge in [-0.05, 0) is 25.8 Å². The van der Waals surface area contributed by atoms with E-state index in [0.29, 0.717) is 5.92 Å². The number of aryl methyl sites for hydroxylation is 2. The predicted octanol–water partition coefficient (Wildman–Crippen LogP) is 3.42. The predicted molar refractivity (Wildman–Crippen MR) is 97.8 cm³/mol. The first kappa shape index (κ1) is 16.9. The van der Waals surface area contributed by atoms with Crippen molar-refractivity contribution in [2.75, 3.05) is 19.7 Å². The Balaban J connectivity index is 1.54. The Morgan fingerprint density at radius 1 is 1.29 bits per heavy atom. The largest absolute Gasteiger partial charge is 0.373 e. The van der Waals surface area contributed by atoms with Gasteiger partial charge in [0.2, 0.25) is 0 Å². The Morgan fingerprint density at radius 3 is 2.79 bits per heavy atom. The van der Waals surface area contributed by atoms with Gasteiger partial charge in [-0.2, -0.15) is 5.10 Å². The minimum absolute atomic E-state index is 0.171. The van der Waals surface area contributed by atoms with Crippen molar-refractivity contribution in [1.82, 2.24) is 15.1 Å². The topological polar surface area (TPSA) is 39.1 Å². The third-order valence-electron chi connectivity index (χ3n) is 4.84. The quantitative estimate of drug-likeness (QED) is 0.827. The molecule has 128 valence electrons. The number of ether oxygens (including phenoxy) is 1. The molecule has 0 aliphatic carbocycles. The molecule has 0 saturated carbocycles. The molecule has 2 heterocycles. The normalized spacial score (nSPS) is 21.0. The summed E-state index contributed by atoms with van der Waals surface area (Å²) in [5.74, 6) is 0.511. The van der Waals surface area contributed by atoms with Gasteiger partial charge in [0, 0.05) is 43.9 Å². The van der Waals surface area contributed by atoms with Crippen LogP contribution < -0.4 is 5.32 Å². The Morgan fingerprint density at radius 2 is 2.08 bits per heavy atom. The lowest BCUT2D eigenvalue weighted by Crippen LogP contribution is -2.25. The average Bonchev–Trinajstić information content (AvgIpc) is 3.12. The zero-order valence-electron chi connectivity index (χ0n) is 14.8. The summed E-state index contributed by atoms with van der Waals surface area (Å²) in [6.07, 6.45) is 5.61. The summed E-state index contributed by atoms with van der Waals surface area (Å²) >= 11 is 0. The minimum Gasteiger partial charge on any atom is -0.373 e. The molecule has 3 rings (SSSR count).